The molecule has 6 heteroatoms. The predicted octanol–water partition coefficient (Wildman–Crippen LogP) is 2.97. The van der Waals surface area contributed by atoms with Gasteiger partial charge in [-0.05, 0) is 49.3 Å². The first kappa shape index (κ1) is 19.2. The van der Waals surface area contributed by atoms with Gasteiger partial charge in [0.1, 0.15) is 0 Å². The van der Waals surface area contributed by atoms with Gasteiger partial charge in [-0.25, -0.2) is 0 Å². The SMILES string of the molecule is CN=C(NC1CCN(CC2CCOC2)CC1)NC1CC1c1ccc(Br)cc1. The predicted molar refractivity (Wildman–Crippen MR) is 113 cm³/mol. The van der Waals surface area contributed by atoms with Crippen molar-refractivity contribution >= 4 is 21.9 Å². The topological polar surface area (TPSA) is 48.9 Å². The van der Waals surface area contributed by atoms with Crippen molar-refractivity contribution in [3.05, 3.63) is 34.3 Å². The summed E-state index contributed by atoms with van der Waals surface area (Å²) in [4.78, 5) is 7.07. The average molecular weight is 435 g/mol. The molecule has 0 spiro atoms. The maximum atomic E-state index is 5.51. The molecule has 3 atom stereocenters. The van der Waals surface area contributed by atoms with Gasteiger partial charge in [-0.2, -0.15) is 0 Å². The lowest BCUT2D eigenvalue weighted by atomic mass is 10.0. The van der Waals surface area contributed by atoms with E-state index in [2.05, 4.69) is 60.7 Å². The van der Waals surface area contributed by atoms with Gasteiger partial charge in [0.15, 0.2) is 5.96 Å². The first-order valence-electron chi connectivity index (χ1n) is 10.3. The molecule has 5 nitrogen and oxygen atoms in total. The molecule has 2 heterocycles. The summed E-state index contributed by atoms with van der Waals surface area (Å²) < 4.78 is 6.65. The van der Waals surface area contributed by atoms with E-state index in [1.807, 2.05) is 7.05 Å². The van der Waals surface area contributed by atoms with Crippen molar-refractivity contribution in [2.75, 3.05) is 39.9 Å². The normalized spacial score (nSPS) is 29.7. The minimum Gasteiger partial charge on any atom is -0.381 e. The summed E-state index contributed by atoms with van der Waals surface area (Å²) in [6, 6.07) is 9.72. The van der Waals surface area contributed by atoms with E-state index in [9.17, 15) is 0 Å². The van der Waals surface area contributed by atoms with Crippen LogP contribution < -0.4 is 10.6 Å². The zero-order valence-electron chi connectivity index (χ0n) is 16.2. The maximum absolute atomic E-state index is 5.51. The number of aliphatic imine (C=N–C) groups is 1. The Morgan fingerprint density at radius 2 is 1.96 bits per heavy atom. The van der Waals surface area contributed by atoms with Gasteiger partial charge in [0.2, 0.25) is 0 Å². The van der Waals surface area contributed by atoms with Crippen LogP contribution in [0.2, 0.25) is 0 Å². The van der Waals surface area contributed by atoms with E-state index in [1.165, 1.54) is 50.9 Å². The molecule has 0 amide bonds. The van der Waals surface area contributed by atoms with Crippen molar-refractivity contribution in [3.8, 4) is 0 Å². The molecule has 2 saturated heterocycles. The van der Waals surface area contributed by atoms with Crippen LogP contribution in [0.3, 0.4) is 0 Å². The largest absolute Gasteiger partial charge is 0.381 e. The minimum atomic E-state index is 0.500. The molecule has 0 bridgehead atoms. The third kappa shape index (κ3) is 5.24. The standard InChI is InChI=1S/C21H31BrN4O/c1-23-21(25-20-12-19(20)16-2-4-17(22)5-3-16)24-18-6-9-26(10-7-18)13-15-8-11-27-14-15/h2-5,15,18-20H,6-14H2,1H3,(H2,23,24,25). The number of hydrogen-bond acceptors (Lipinski definition) is 3. The van der Waals surface area contributed by atoms with E-state index >= 15 is 0 Å². The highest BCUT2D eigenvalue weighted by Crippen LogP contribution is 2.41. The van der Waals surface area contributed by atoms with E-state index < -0.39 is 0 Å². The molecule has 3 fully saturated rings. The molecule has 3 unspecified atom stereocenters. The van der Waals surface area contributed by atoms with Gasteiger partial charge in [0.05, 0.1) is 6.61 Å². The number of guanidine groups is 1. The summed E-state index contributed by atoms with van der Waals surface area (Å²) in [5, 5.41) is 7.27. The van der Waals surface area contributed by atoms with E-state index in [-0.39, 0.29) is 0 Å². The Morgan fingerprint density at radius 3 is 2.63 bits per heavy atom. The lowest BCUT2D eigenvalue weighted by Gasteiger charge is -2.34. The average Bonchev–Trinajstić information content (AvgIpc) is 3.25. The molecule has 4 rings (SSSR count). The molecule has 27 heavy (non-hydrogen) atoms. The second-order valence-electron chi connectivity index (χ2n) is 8.17. The molecule has 2 aliphatic heterocycles. The lowest BCUT2D eigenvalue weighted by Crippen LogP contribution is -2.49. The highest BCUT2D eigenvalue weighted by Gasteiger charge is 2.39. The molecule has 2 N–H and O–H groups in total. The zero-order valence-corrected chi connectivity index (χ0v) is 17.7. The monoisotopic (exact) mass is 434 g/mol. The Hall–Kier alpha value is -1.11. The second kappa shape index (κ2) is 8.93. The van der Waals surface area contributed by atoms with Crippen molar-refractivity contribution in [3.63, 3.8) is 0 Å². The summed E-state index contributed by atoms with van der Waals surface area (Å²) in [5.41, 5.74) is 1.41. The molecule has 1 saturated carbocycles. The molecule has 1 aromatic rings. The van der Waals surface area contributed by atoms with Crippen LogP contribution >= 0.6 is 15.9 Å². The fourth-order valence-electron chi connectivity index (χ4n) is 4.32. The highest BCUT2D eigenvalue weighted by molar-refractivity contribution is 9.10. The first-order chi connectivity index (χ1) is 13.2. The van der Waals surface area contributed by atoms with Gasteiger partial charge in [-0.15, -0.1) is 0 Å². The fraction of sp³-hybridized carbons (Fsp3) is 0.667. The minimum absolute atomic E-state index is 0.500. The summed E-state index contributed by atoms with van der Waals surface area (Å²) in [5.74, 6) is 2.31. The van der Waals surface area contributed by atoms with E-state index in [0.717, 1.165) is 29.6 Å². The van der Waals surface area contributed by atoms with Crippen LogP contribution in [-0.2, 0) is 4.74 Å². The number of hydrogen-bond donors (Lipinski definition) is 2. The van der Waals surface area contributed by atoms with Crippen molar-refractivity contribution in [1.29, 1.82) is 0 Å². The van der Waals surface area contributed by atoms with Gasteiger partial charge >= 0.3 is 0 Å². The van der Waals surface area contributed by atoms with Crippen molar-refractivity contribution in [2.45, 2.75) is 43.7 Å². The number of benzene rings is 1. The molecule has 148 valence electrons. The smallest absolute Gasteiger partial charge is 0.191 e. The Kier molecular flexibility index (Phi) is 6.35. The van der Waals surface area contributed by atoms with Crippen molar-refractivity contribution in [1.82, 2.24) is 15.5 Å². The number of rotatable bonds is 5. The molecular formula is C21H31BrN4O. The second-order valence-corrected chi connectivity index (χ2v) is 9.08. The van der Waals surface area contributed by atoms with Crippen molar-refractivity contribution in [2.24, 2.45) is 10.9 Å². The molecule has 0 aromatic heterocycles. The Morgan fingerprint density at radius 1 is 1.19 bits per heavy atom. The molecule has 1 aliphatic carbocycles. The van der Waals surface area contributed by atoms with Crippen LogP contribution in [0.4, 0.5) is 0 Å². The summed E-state index contributed by atoms with van der Waals surface area (Å²) in [6.07, 6.45) is 4.80. The van der Waals surface area contributed by atoms with E-state index in [0.29, 0.717) is 18.0 Å². The number of ether oxygens (including phenoxy) is 1. The van der Waals surface area contributed by atoms with Gasteiger partial charge < -0.3 is 20.3 Å². The third-order valence-electron chi connectivity index (χ3n) is 6.10. The summed E-state index contributed by atoms with van der Waals surface area (Å²) >= 11 is 3.51. The molecular weight excluding hydrogens is 404 g/mol. The van der Waals surface area contributed by atoms with Gasteiger partial charge in [-0.1, -0.05) is 28.1 Å². The van der Waals surface area contributed by atoms with Gasteiger partial charge in [0.25, 0.3) is 0 Å². The van der Waals surface area contributed by atoms with E-state index in [1.54, 1.807) is 0 Å². The zero-order chi connectivity index (χ0) is 18.6. The first-order valence-corrected chi connectivity index (χ1v) is 11.1. The van der Waals surface area contributed by atoms with Crippen LogP contribution in [0.1, 0.15) is 37.2 Å². The van der Waals surface area contributed by atoms with Gasteiger partial charge in [0, 0.05) is 55.8 Å². The molecule has 0 radical (unpaired) electrons. The Bertz CT molecular complexity index is 636. The summed E-state index contributed by atoms with van der Waals surface area (Å²) in [7, 11) is 1.88. The lowest BCUT2D eigenvalue weighted by molar-refractivity contribution is 0.150. The van der Waals surface area contributed by atoms with E-state index in [4.69, 9.17) is 4.74 Å². The Balaban J connectivity index is 1.19. The number of piperidine rings is 1. The highest BCUT2D eigenvalue weighted by atomic mass is 79.9. The Labute approximate surface area is 171 Å². The third-order valence-corrected chi connectivity index (χ3v) is 6.63. The molecule has 1 aromatic carbocycles. The number of nitrogens with one attached hydrogen (secondary N) is 2. The van der Waals surface area contributed by atoms with Crippen LogP contribution in [0.15, 0.2) is 33.7 Å². The quantitative estimate of drug-likeness (QED) is 0.552. The maximum Gasteiger partial charge on any atom is 0.191 e. The summed E-state index contributed by atoms with van der Waals surface area (Å²) in [6.45, 7) is 5.46. The molecule has 3 aliphatic rings. The fourth-order valence-corrected chi connectivity index (χ4v) is 4.59. The van der Waals surface area contributed by atoms with Crippen molar-refractivity contribution < 1.29 is 4.74 Å². The number of halogens is 1. The van der Waals surface area contributed by atoms with Crippen LogP contribution in [0.25, 0.3) is 0 Å². The number of nitrogens with zero attached hydrogens (tertiary/aromatic N) is 2. The van der Waals surface area contributed by atoms with Crippen LogP contribution in [-0.4, -0.2) is 62.8 Å². The van der Waals surface area contributed by atoms with Gasteiger partial charge in [-0.3, -0.25) is 4.99 Å². The number of likely N-dealkylation sites (tertiary alicyclic amines) is 1. The van der Waals surface area contributed by atoms with Crippen LogP contribution in [0.5, 0.6) is 0 Å². The van der Waals surface area contributed by atoms with Crippen LogP contribution in [0, 0.1) is 5.92 Å².